The van der Waals surface area contributed by atoms with Gasteiger partial charge in [-0.2, -0.15) is 13.2 Å². The molecule has 0 amide bonds. The van der Waals surface area contributed by atoms with Crippen LogP contribution in [0.3, 0.4) is 0 Å². The zero-order chi connectivity index (χ0) is 14.3. The highest BCUT2D eigenvalue weighted by Crippen LogP contribution is 2.21. The average molecular weight is 278 g/mol. The molecule has 1 heterocycles. The minimum absolute atomic E-state index is 0.197. The van der Waals surface area contributed by atoms with Gasteiger partial charge in [-0.25, -0.2) is 0 Å². The van der Waals surface area contributed by atoms with Gasteiger partial charge in [0, 0.05) is 6.54 Å². The van der Waals surface area contributed by atoms with E-state index in [9.17, 15) is 13.2 Å². The topological polar surface area (TPSA) is 54.4 Å². The fourth-order valence-electron chi connectivity index (χ4n) is 1.26. The van der Waals surface area contributed by atoms with Gasteiger partial charge in [0.25, 0.3) is 0 Å². The van der Waals surface area contributed by atoms with Gasteiger partial charge in [-0.15, -0.1) is 0 Å². The van der Waals surface area contributed by atoms with E-state index in [1.165, 1.54) is 12.3 Å². The number of aliphatic hydroxyl groups excluding tert-OH is 1. The molecule has 0 fully saturated rings. The van der Waals surface area contributed by atoms with Crippen molar-refractivity contribution in [3.63, 3.8) is 0 Å². The number of hydrogen-bond donors (Lipinski definition) is 2. The molecule has 0 aromatic carbocycles. The second-order valence-corrected chi connectivity index (χ2v) is 4.03. The molecule has 0 spiro atoms. The first-order valence-electron chi connectivity index (χ1n) is 5.96. The van der Waals surface area contributed by atoms with Crippen LogP contribution in [0.15, 0.2) is 18.3 Å². The molecule has 2 N–H and O–H groups in total. The molecule has 108 valence electrons. The van der Waals surface area contributed by atoms with Gasteiger partial charge in [0.15, 0.2) is 6.10 Å². The minimum atomic E-state index is -4.67. The summed E-state index contributed by atoms with van der Waals surface area (Å²) in [6.07, 6.45) is -4.81. The van der Waals surface area contributed by atoms with Crippen molar-refractivity contribution in [1.29, 1.82) is 0 Å². The molecule has 0 saturated carbocycles. The van der Waals surface area contributed by atoms with Crippen molar-refractivity contribution in [2.24, 2.45) is 0 Å². The maximum atomic E-state index is 12.0. The maximum absolute atomic E-state index is 12.0. The Morgan fingerprint density at radius 2 is 2.16 bits per heavy atom. The molecule has 7 heteroatoms. The monoisotopic (exact) mass is 278 g/mol. The van der Waals surface area contributed by atoms with Gasteiger partial charge in [0.05, 0.1) is 11.9 Å². The van der Waals surface area contributed by atoms with Crippen molar-refractivity contribution in [2.45, 2.75) is 32.2 Å². The summed E-state index contributed by atoms with van der Waals surface area (Å²) in [7, 11) is 0. The Morgan fingerprint density at radius 1 is 1.42 bits per heavy atom. The Labute approximate surface area is 109 Å². The predicted octanol–water partition coefficient (Wildman–Crippen LogP) is 1.88. The quantitative estimate of drug-likeness (QED) is 0.748. The molecule has 1 aromatic rings. The standard InChI is InChI=1S/C12H17F3N2O2/c1-2-5-16-6-9-3-4-10(7-17-9)19-8-11(18)12(13,14)15/h3-4,7,11,16,18H,2,5-6,8H2,1H3. The summed E-state index contributed by atoms with van der Waals surface area (Å²) in [4.78, 5) is 4.04. The zero-order valence-corrected chi connectivity index (χ0v) is 10.6. The second-order valence-electron chi connectivity index (χ2n) is 4.03. The highest BCUT2D eigenvalue weighted by Gasteiger charge is 2.38. The summed E-state index contributed by atoms with van der Waals surface area (Å²) in [6, 6.07) is 3.19. The lowest BCUT2D eigenvalue weighted by Gasteiger charge is -2.15. The van der Waals surface area contributed by atoms with E-state index < -0.39 is 18.9 Å². The van der Waals surface area contributed by atoms with Gasteiger partial charge >= 0.3 is 6.18 Å². The lowest BCUT2D eigenvalue weighted by molar-refractivity contribution is -0.210. The van der Waals surface area contributed by atoms with E-state index in [4.69, 9.17) is 9.84 Å². The number of hydrogen-bond acceptors (Lipinski definition) is 4. The molecule has 0 aliphatic heterocycles. The molecule has 1 atom stereocenters. The molecule has 0 aliphatic carbocycles. The number of nitrogens with zero attached hydrogens (tertiary/aromatic N) is 1. The Kier molecular flexibility index (Phi) is 6.04. The van der Waals surface area contributed by atoms with Crippen molar-refractivity contribution in [3.8, 4) is 5.75 Å². The highest BCUT2D eigenvalue weighted by atomic mass is 19.4. The number of halogens is 3. The molecule has 0 radical (unpaired) electrons. The number of ether oxygens (including phenoxy) is 1. The summed E-state index contributed by atoms with van der Waals surface area (Å²) in [6.45, 7) is 2.68. The van der Waals surface area contributed by atoms with E-state index in [-0.39, 0.29) is 5.75 Å². The fraction of sp³-hybridized carbons (Fsp3) is 0.583. The molecule has 1 unspecified atom stereocenters. The van der Waals surface area contributed by atoms with Crippen molar-refractivity contribution in [3.05, 3.63) is 24.0 Å². The van der Waals surface area contributed by atoms with E-state index >= 15 is 0 Å². The Hall–Kier alpha value is -1.34. The van der Waals surface area contributed by atoms with Crippen LogP contribution in [0.5, 0.6) is 5.75 Å². The number of aliphatic hydroxyl groups is 1. The number of aromatic nitrogens is 1. The Bertz CT molecular complexity index is 368. The third-order valence-corrected chi connectivity index (χ3v) is 2.32. The van der Waals surface area contributed by atoms with Crippen LogP contribution in [0, 0.1) is 0 Å². The van der Waals surface area contributed by atoms with Gasteiger partial charge in [0.1, 0.15) is 12.4 Å². The van der Waals surface area contributed by atoms with Crippen molar-refractivity contribution >= 4 is 0 Å². The van der Waals surface area contributed by atoms with Gasteiger partial charge in [0.2, 0.25) is 0 Å². The maximum Gasteiger partial charge on any atom is 0.417 e. The van der Waals surface area contributed by atoms with Gasteiger partial charge in [-0.05, 0) is 25.1 Å². The smallest absolute Gasteiger partial charge is 0.417 e. The number of rotatable bonds is 7. The van der Waals surface area contributed by atoms with Gasteiger partial charge in [-0.3, -0.25) is 4.98 Å². The largest absolute Gasteiger partial charge is 0.489 e. The van der Waals surface area contributed by atoms with Crippen LogP contribution in [-0.4, -0.2) is 35.5 Å². The van der Waals surface area contributed by atoms with Crippen molar-refractivity contribution < 1.29 is 23.0 Å². The third kappa shape index (κ3) is 5.89. The van der Waals surface area contributed by atoms with Crippen LogP contribution in [-0.2, 0) is 6.54 Å². The van der Waals surface area contributed by atoms with Crippen LogP contribution in [0.1, 0.15) is 19.0 Å². The normalized spacial score (nSPS) is 13.3. The molecule has 4 nitrogen and oxygen atoms in total. The van der Waals surface area contributed by atoms with E-state index in [2.05, 4.69) is 10.3 Å². The summed E-state index contributed by atoms with van der Waals surface area (Å²) in [5.74, 6) is 0.197. The molecule has 1 aromatic heterocycles. The van der Waals surface area contributed by atoms with Gasteiger partial charge < -0.3 is 15.2 Å². The van der Waals surface area contributed by atoms with E-state index in [0.717, 1.165) is 18.7 Å². The van der Waals surface area contributed by atoms with Crippen LogP contribution < -0.4 is 10.1 Å². The third-order valence-electron chi connectivity index (χ3n) is 2.32. The summed E-state index contributed by atoms with van der Waals surface area (Å²) in [5.41, 5.74) is 0.775. The highest BCUT2D eigenvalue weighted by molar-refractivity contribution is 5.19. The van der Waals surface area contributed by atoms with Crippen molar-refractivity contribution in [2.75, 3.05) is 13.2 Å². The Balaban J connectivity index is 2.40. The fourth-order valence-corrected chi connectivity index (χ4v) is 1.26. The van der Waals surface area contributed by atoms with E-state index in [1.54, 1.807) is 6.07 Å². The predicted molar refractivity (Wildman–Crippen MR) is 63.8 cm³/mol. The van der Waals surface area contributed by atoms with Crippen molar-refractivity contribution in [1.82, 2.24) is 10.3 Å². The first-order valence-corrected chi connectivity index (χ1v) is 5.96. The summed E-state index contributed by atoms with van der Waals surface area (Å²) in [5, 5.41) is 11.9. The van der Waals surface area contributed by atoms with Crippen LogP contribution in [0.4, 0.5) is 13.2 Å². The number of alkyl halides is 3. The van der Waals surface area contributed by atoms with Crippen LogP contribution in [0.2, 0.25) is 0 Å². The molecule has 0 saturated heterocycles. The molecule has 1 rings (SSSR count). The summed E-state index contributed by atoms with van der Waals surface area (Å²) >= 11 is 0. The summed E-state index contributed by atoms with van der Waals surface area (Å²) < 4.78 is 40.9. The molecule has 19 heavy (non-hydrogen) atoms. The second kappa shape index (κ2) is 7.30. The number of nitrogens with one attached hydrogen (secondary N) is 1. The Morgan fingerprint density at radius 3 is 2.68 bits per heavy atom. The van der Waals surface area contributed by atoms with E-state index in [0.29, 0.717) is 6.54 Å². The first-order chi connectivity index (χ1) is 8.93. The minimum Gasteiger partial charge on any atom is -0.489 e. The number of pyridine rings is 1. The SMILES string of the molecule is CCCNCc1ccc(OCC(O)C(F)(F)F)cn1. The lowest BCUT2D eigenvalue weighted by Crippen LogP contribution is -2.34. The molecular formula is C12H17F3N2O2. The lowest BCUT2D eigenvalue weighted by atomic mass is 10.3. The van der Waals surface area contributed by atoms with Gasteiger partial charge in [-0.1, -0.05) is 6.92 Å². The first kappa shape index (κ1) is 15.7. The van der Waals surface area contributed by atoms with E-state index in [1.807, 2.05) is 6.92 Å². The van der Waals surface area contributed by atoms with Crippen LogP contribution >= 0.6 is 0 Å². The average Bonchev–Trinajstić information content (AvgIpc) is 2.36. The zero-order valence-electron chi connectivity index (χ0n) is 10.6. The molecule has 0 bridgehead atoms. The molecule has 0 aliphatic rings. The van der Waals surface area contributed by atoms with Crippen LogP contribution in [0.25, 0.3) is 0 Å². The molecular weight excluding hydrogens is 261 g/mol.